The summed E-state index contributed by atoms with van der Waals surface area (Å²) in [6, 6.07) is 12.4. The van der Waals surface area contributed by atoms with Crippen molar-refractivity contribution in [2.75, 3.05) is 13.2 Å². The number of aromatic nitrogens is 1. The zero-order valence-corrected chi connectivity index (χ0v) is 19.3. The summed E-state index contributed by atoms with van der Waals surface area (Å²) >= 11 is 1.35. The number of hydrogen-bond donors (Lipinski definition) is 0. The second kappa shape index (κ2) is 11.4. The van der Waals surface area contributed by atoms with Crippen LogP contribution in [-0.4, -0.2) is 29.7 Å². The van der Waals surface area contributed by atoms with Gasteiger partial charge < -0.3 is 14.0 Å². The van der Waals surface area contributed by atoms with Gasteiger partial charge in [0.25, 0.3) is 5.91 Å². The smallest absolute Gasteiger partial charge is 0.338 e. The predicted molar refractivity (Wildman–Crippen MR) is 127 cm³/mol. The largest absolute Gasteiger partial charge is 0.494 e. The van der Waals surface area contributed by atoms with E-state index < -0.39 is 0 Å². The lowest BCUT2D eigenvalue weighted by Gasteiger charge is -2.06. The number of rotatable bonds is 10. The molecule has 0 saturated heterocycles. The fraction of sp³-hybridized carbons (Fsp3) is 0.320. The molecule has 1 amide bonds. The molecule has 0 atom stereocenters. The van der Waals surface area contributed by atoms with Crippen molar-refractivity contribution in [3.63, 3.8) is 0 Å². The average Bonchev–Trinajstić information content (AvgIpc) is 3.13. The van der Waals surface area contributed by atoms with Gasteiger partial charge >= 0.3 is 5.97 Å². The molecular formula is C25H28N2O4S. The van der Waals surface area contributed by atoms with Gasteiger partial charge in [-0.3, -0.25) is 4.79 Å². The Labute approximate surface area is 191 Å². The normalized spacial score (nSPS) is 11.5. The van der Waals surface area contributed by atoms with Crippen molar-refractivity contribution in [3.05, 3.63) is 71.0 Å². The van der Waals surface area contributed by atoms with Gasteiger partial charge in [-0.2, -0.15) is 4.99 Å². The van der Waals surface area contributed by atoms with Crippen LogP contribution in [0.2, 0.25) is 0 Å². The van der Waals surface area contributed by atoms with Gasteiger partial charge in [0.05, 0.1) is 29.0 Å². The number of carbonyl (C=O) groups excluding carboxylic acids is 2. The van der Waals surface area contributed by atoms with E-state index in [1.54, 1.807) is 49.4 Å². The highest BCUT2D eigenvalue weighted by molar-refractivity contribution is 7.16. The quantitative estimate of drug-likeness (QED) is 0.235. The van der Waals surface area contributed by atoms with Gasteiger partial charge in [-0.15, -0.1) is 6.58 Å². The predicted octanol–water partition coefficient (Wildman–Crippen LogP) is 5.38. The summed E-state index contributed by atoms with van der Waals surface area (Å²) in [6.07, 6.45) is 5.04. The zero-order valence-electron chi connectivity index (χ0n) is 18.5. The third-order valence-corrected chi connectivity index (χ3v) is 5.86. The fourth-order valence-corrected chi connectivity index (χ4v) is 4.27. The van der Waals surface area contributed by atoms with Gasteiger partial charge in [-0.25, -0.2) is 4.79 Å². The van der Waals surface area contributed by atoms with Crippen LogP contribution in [0.3, 0.4) is 0 Å². The Morgan fingerprint density at radius 1 is 1.09 bits per heavy atom. The molecule has 3 rings (SSSR count). The lowest BCUT2D eigenvalue weighted by molar-refractivity contribution is 0.0526. The average molecular weight is 453 g/mol. The van der Waals surface area contributed by atoms with Crippen LogP contribution >= 0.6 is 11.3 Å². The van der Waals surface area contributed by atoms with Crippen LogP contribution in [0, 0.1) is 0 Å². The Morgan fingerprint density at radius 2 is 1.84 bits per heavy atom. The van der Waals surface area contributed by atoms with Crippen molar-refractivity contribution < 1.29 is 19.1 Å². The van der Waals surface area contributed by atoms with Gasteiger partial charge in [-0.05, 0) is 55.8 Å². The molecule has 1 aromatic heterocycles. The molecular weight excluding hydrogens is 424 g/mol. The van der Waals surface area contributed by atoms with E-state index in [2.05, 4.69) is 18.5 Å². The van der Waals surface area contributed by atoms with Gasteiger partial charge in [0, 0.05) is 12.1 Å². The Hall–Kier alpha value is -3.19. The molecule has 0 spiro atoms. The summed E-state index contributed by atoms with van der Waals surface area (Å²) in [5, 5.41) is 0. The lowest BCUT2D eigenvalue weighted by Crippen LogP contribution is -2.16. The standard InChI is InChI=1S/C25H28N2O4S/c1-4-7-8-16-31-20-12-9-18(10-13-20)23(28)26-25-27(15-5-2)21-14-11-19(17-22(21)32-25)24(29)30-6-3/h5,9-14,17H,2,4,6-8,15-16H2,1,3H3. The second-order valence-corrected chi connectivity index (χ2v) is 8.19. The van der Waals surface area contributed by atoms with Gasteiger partial charge in [0.1, 0.15) is 5.75 Å². The van der Waals surface area contributed by atoms with E-state index in [9.17, 15) is 9.59 Å². The van der Waals surface area contributed by atoms with E-state index >= 15 is 0 Å². The topological polar surface area (TPSA) is 69.9 Å². The summed E-state index contributed by atoms with van der Waals surface area (Å²) in [5.74, 6) is 0.0369. The summed E-state index contributed by atoms with van der Waals surface area (Å²) in [5.41, 5.74) is 1.84. The van der Waals surface area contributed by atoms with Crippen LogP contribution < -0.4 is 9.54 Å². The molecule has 0 bridgehead atoms. The third-order valence-electron chi connectivity index (χ3n) is 4.82. The Morgan fingerprint density at radius 3 is 2.53 bits per heavy atom. The van der Waals surface area contributed by atoms with E-state index in [1.807, 2.05) is 10.6 Å². The first kappa shape index (κ1) is 23.5. The zero-order chi connectivity index (χ0) is 22.9. The van der Waals surface area contributed by atoms with Crippen LogP contribution in [0.1, 0.15) is 53.8 Å². The van der Waals surface area contributed by atoms with Gasteiger partial charge in [0.15, 0.2) is 4.80 Å². The van der Waals surface area contributed by atoms with E-state index in [-0.39, 0.29) is 11.9 Å². The molecule has 0 fully saturated rings. The molecule has 0 aliphatic rings. The maximum atomic E-state index is 12.8. The summed E-state index contributed by atoms with van der Waals surface area (Å²) in [6.45, 7) is 9.21. The van der Waals surface area contributed by atoms with Crippen molar-refractivity contribution in [1.29, 1.82) is 0 Å². The van der Waals surface area contributed by atoms with Crippen LogP contribution in [0.4, 0.5) is 0 Å². The number of carbonyl (C=O) groups is 2. The monoisotopic (exact) mass is 452 g/mol. The molecule has 6 nitrogen and oxygen atoms in total. The van der Waals surface area contributed by atoms with Crippen molar-refractivity contribution in [2.45, 2.75) is 39.7 Å². The maximum Gasteiger partial charge on any atom is 0.338 e. The molecule has 0 unspecified atom stereocenters. The molecule has 3 aromatic rings. The van der Waals surface area contributed by atoms with Crippen LogP contribution in [0.25, 0.3) is 10.2 Å². The molecule has 0 saturated carbocycles. The SMILES string of the molecule is C=CCn1c(=NC(=O)c2ccc(OCCCCC)cc2)sc2cc(C(=O)OCC)ccc21. The number of nitrogens with zero attached hydrogens (tertiary/aromatic N) is 2. The van der Waals surface area contributed by atoms with Crippen LogP contribution in [-0.2, 0) is 11.3 Å². The van der Waals surface area contributed by atoms with Crippen molar-refractivity contribution >= 4 is 33.4 Å². The van der Waals surface area contributed by atoms with E-state index in [1.165, 1.54) is 11.3 Å². The number of esters is 1. The third kappa shape index (κ3) is 5.73. The maximum absolute atomic E-state index is 12.8. The van der Waals surface area contributed by atoms with E-state index in [0.29, 0.717) is 35.7 Å². The van der Waals surface area contributed by atoms with Crippen molar-refractivity contribution in [1.82, 2.24) is 4.57 Å². The lowest BCUT2D eigenvalue weighted by atomic mass is 10.2. The Balaban J connectivity index is 1.87. The number of fused-ring (bicyclic) bond motifs is 1. The van der Waals surface area contributed by atoms with E-state index in [4.69, 9.17) is 9.47 Å². The first-order chi connectivity index (χ1) is 15.6. The Kier molecular flexibility index (Phi) is 8.39. The minimum absolute atomic E-state index is 0.315. The number of thiazole rings is 1. The number of benzene rings is 2. The Bertz CT molecular complexity index is 1160. The molecule has 168 valence electrons. The number of hydrogen-bond acceptors (Lipinski definition) is 5. The molecule has 32 heavy (non-hydrogen) atoms. The summed E-state index contributed by atoms with van der Waals surface area (Å²) in [7, 11) is 0. The fourth-order valence-electron chi connectivity index (χ4n) is 3.19. The molecule has 0 N–H and O–H groups in total. The van der Waals surface area contributed by atoms with Gasteiger partial charge in [0.2, 0.25) is 0 Å². The van der Waals surface area contributed by atoms with Crippen molar-refractivity contribution in [2.24, 2.45) is 4.99 Å². The molecule has 1 heterocycles. The molecule has 0 radical (unpaired) electrons. The number of unbranched alkanes of at least 4 members (excludes halogenated alkanes) is 2. The highest BCUT2D eigenvalue weighted by Gasteiger charge is 2.12. The van der Waals surface area contributed by atoms with Crippen LogP contribution in [0.15, 0.2) is 60.1 Å². The summed E-state index contributed by atoms with van der Waals surface area (Å²) < 4.78 is 13.5. The number of amides is 1. The van der Waals surface area contributed by atoms with Crippen LogP contribution in [0.5, 0.6) is 5.75 Å². The molecule has 0 aliphatic heterocycles. The highest BCUT2D eigenvalue weighted by Crippen LogP contribution is 2.20. The molecule has 0 aliphatic carbocycles. The first-order valence-electron chi connectivity index (χ1n) is 10.8. The van der Waals surface area contributed by atoms with E-state index in [0.717, 1.165) is 35.2 Å². The number of allylic oxidation sites excluding steroid dienone is 1. The highest BCUT2D eigenvalue weighted by atomic mass is 32.1. The molecule has 7 heteroatoms. The minimum atomic E-state index is -0.371. The van der Waals surface area contributed by atoms with Crippen molar-refractivity contribution in [3.8, 4) is 5.75 Å². The first-order valence-corrected chi connectivity index (χ1v) is 11.6. The number of ether oxygens (including phenoxy) is 2. The summed E-state index contributed by atoms with van der Waals surface area (Å²) in [4.78, 5) is 29.8. The second-order valence-electron chi connectivity index (χ2n) is 7.18. The molecule has 2 aromatic carbocycles. The van der Waals surface area contributed by atoms with Gasteiger partial charge in [-0.1, -0.05) is 37.2 Å². The minimum Gasteiger partial charge on any atom is -0.494 e.